The first-order valence-electron chi connectivity index (χ1n) is 5.35. The van der Waals surface area contributed by atoms with Gasteiger partial charge in [-0.2, -0.15) is 5.10 Å². The fourth-order valence-electron chi connectivity index (χ4n) is 1.32. The number of hydrazone groups is 1. The van der Waals surface area contributed by atoms with Gasteiger partial charge in [0, 0.05) is 12.4 Å². The number of benzene rings is 1. The van der Waals surface area contributed by atoms with Gasteiger partial charge in [0.15, 0.2) is 0 Å². The molecule has 3 N–H and O–H groups in total. The zero-order chi connectivity index (χ0) is 13.7. The van der Waals surface area contributed by atoms with E-state index < -0.39 is 0 Å². The maximum Gasteiger partial charge on any atom is 0.272 e. The summed E-state index contributed by atoms with van der Waals surface area (Å²) in [5.74, 6) is -0.329. The number of carbonyl (C=O) groups is 1. The third kappa shape index (κ3) is 4.31. The van der Waals surface area contributed by atoms with E-state index in [4.69, 9.17) is 23.2 Å². The van der Waals surface area contributed by atoms with Crippen LogP contribution in [0.3, 0.4) is 0 Å². The summed E-state index contributed by atoms with van der Waals surface area (Å²) >= 11 is 11.7. The standard InChI is InChI=1S/C13H9Cl2N3O.H2O/c14-11-4-3-9(6-12(11)15)7-17-18-13(19)10-2-1-5-16-8-10;/h1-8H,(H,18,19);1H2/b17-7+;. The molecule has 1 aromatic heterocycles. The maximum atomic E-state index is 11.6. The number of aromatic nitrogens is 1. The highest BCUT2D eigenvalue weighted by Gasteiger charge is 2.02. The molecule has 2 rings (SSSR count). The van der Waals surface area contributed by atoms with Gasteiger partial charge in [-0.3, -0.25) is 9.78 Å². The highest BCUT2D eigenvalue weighted by atomic mass is 35.5. The molecule has 0 spiro atoms. The Bertz CT molecular complexity index is 618. The van der Waals surface area contributed by atoms with Crippen molar-refractivity contribution >= 4 is 35.3 Å². The number of amides is 1. The maximum absolute atomic E-state index is 11.6. The summed E-state index contributed by atoms with van der Waals surface area (Å²) in [6.07, 6.45) is 4.54. The number of hydrogen-bond donors (Lipinski definition) is 1. The summed E-state index contributed by atoms with van der Waals surface area (Å²) < 4.78 is 0. The lowest BCUT2D eigenvalue weighted by Crippen LogP contribution is -2.17. The zero-order valence-corrected chi connectivity index (χ0v) is 11.7. The first kappa shape index (κ1) is 16.1. The van der Waals surface area contributed by atoms with Crippen LogP contribution in [0.5, 0.6) is 0 Å². The molecular formula is C13H11Cl2N3O2. The summed E-state index contributed by atoms with van der Waals surface area (Å²) in [5, 5.41) is 4.74. The van der Waals surface area contributed by atoms with Crippen LogP contribution >= 0.6 is 23.2 Å². The fourth-order valence-corrected chi connectivity index (χ4v) is 1.63. The van der Waals surface area contributed by atoms with Crippen LogP contribution < -0.4 is 5.43 Å². The van der Waals surface area contributed by atoms with Gasteiger partial charge in [-0.05, 0) is 29.8 Å². The molecule has 5 nitrogen and oxygen atoms in total. The van der Waals surface area contributed by atoms with Crippen molar-refractivity contribution in [2.24, 2.45) is 5.10 Å². The van der Waals surface area contributed by atoms with Gasteiger partial charge in [-0.1, -0.05) is 29.3 Å². The Balaban J connectivity index is 0.00000200. The Hall–Kier alpha value is -1.95. The quantitative estimate of drug-likeness (QED) is 0.696. The third-order valence-electron chi connectivity index (χ3n) is 2.25. The van der Waals surface area contributed by atoms with Crippen molar-refractivity contribution in [1.82, 2.24) is 10.4 Å². The summed E-state index contributed by atoms with van der Waals surface area (Å²) in [5.41, 5.74) is 3.57. The number of rotatable bonds is 3. The number of pyridine rings is 1. The molecule has 0 atom stereocenters. The Morgan fingerprint density at radius 1 is 1.25 bits per heavy atom. The Kier molecular flexibility index (Phi) is 6.11. The molecule has 104 valence electrons. The minimum absolute atomic E-state index is 0. The molecule has 0 fully saturated rings. The van der Waals surface area contributed by atoms with Crippen molar-refractivity contribution in [3.63, 3.8) is 0 Å². The number of halogens is 2. The predicted molar refractivity (Wildman–Crippen MR) is 79.4 cm³/mol. The molecule has 0 bridgehead atoms. The van der Waals surface area contributed by atoms with Crippen LogP contribution in [0.25, 0.3) is 0 Å². The molecule has 0 saturated heterocycles. The topological polar surface area (TPSA) is 85.9 Å². The van der Waals surface area contributed by atoms with Crippen LogP contribution in [0.1, 0.15) is 15.9 Å². The van der Waals surface area contributed by atoms with E-state index in [1.54, 1.807) is 36.5 Å². The Morgan fingerprint density at radius 2 is 2.05 bits per heavy atom. The zero-order valence-electron chi connectivity index (χ0n) is 10.2. The fraction of sp³-hybridized carbons (Fsp3) is 0. The van der Waals surface area contributed by atoms with Crippen molar-refractivity contribution < 1.29 is 10.3 Å². The second kappa shape index (κ2) is 7.59. The van der Waals surface area contributed by atoms with Crippen molar-refractivity contribution in [3.05, 3.63) is 63.9 Å². The Labute approximate surface area is 125 Å². The van der Waals surface area contributed by atoms with E-state index in [9.17, 15) is 4.79 Å². The van der Waals surface area contributed by atoms with Gasteiger partial charge in [-0.15, -0.1) is 0 Å². The molecule has 20 heavy (non-hydrogen) atoms. The lowest BCUT2D eigenvalue weighted by Gasteiger charge is -1.99. The number of nitrogens with zero attached hydrogens (tertiary/aromatic N) is 2. The van der Waals surface area contributed by atoms with E-state index in [0.29, 0.717) is 15.6 Å². The molecule has 0 aliphatic heterocycles. The molecule has 1 amide bonds. The van der Waals surface area contributed by atoms with Gasteiger partial charge in [0.25, 0.3) is 5.91 Å². The summed E-state index contributed by atoms with van der Waals surface area (Å²) in [7, 11) is 0. The number of hydrogen-bond acceptors (Lipinski definition) is 3. The molecule has 2 aromatic rings. The van der Waals surface area contributed by atoms with Crippen LogP contribution in [0.2, 0.25) is 10.0 Å². The molecular weight excluding hydrogens is 301 g/mol. The first-order valence-corrected chi connectivity index (χ1v) is 6.11. The van der Waals surface area contributed by atoms with Crippen LogP contribution in [0.15, 0.2) is 47.8 Å². The average Bonchev–Trinajstić information content (AvgIpc) is 2.43. The van der Waals surface area contributed by atoms with Crippen LogP contribution in [0, 0.1) is 0 Å². The van der Waals surface area contributed by atoms with Crippen molar-refractivity contribution in [2.75, 3.05) is 0 Å². The third-order valence-corrected chi connectivity index (χ3v) is 2.99. The van der Waals surface area contributed by atoms with Crippen LogP contribution in [-0.2, 0) is 0 Å². The summed E-state index contributed by atoms with van der Waals surface area (Å²) in [6.45, 7) is 0. The smallest absolute Gasteiger partial charge is 0.272 e. The molecule has 7 heteroatoms. The van der Waals surface area contributed by atoms with E-state index in [0.717, 1.165) is 5.56 Å². The monoisotopic (exact) mass is 311 g/mol. The lowest BCUT2D eigenvalue weighted by atomic mass is 10.2. The lowest BCUT2D eigenvalue weighted by molar-refractivity contribution is 0.0955. The molecule has 1 aromatic carbocycles. The molecule has 0 aliphatic rings. The minimum atomic E-state index is -0.329. The average molecular weight is 312 g/mol. The van der Waals surface area contributed by atoms with Crippen molar-refractivity contribution in [3.8, 4) is 0 Å². The molecule has 0 aliphatic carbocycles. The van der Waals surface area contributed by atoms with Gasteiger partial charge in [-0.25, -0.2) is 5.43 Å². The minimum Gasteiger partial charge on any atom is -0.412 e. The van der Waals surface area contributed by atoms with E-state index in [1.807, 2.05) is 0 Å². The van der Waals surface area contributed by atoms with E-state index in [-0.39, 0.29) is 11.4 Å². The largest absolute Gasteiger partial charge is 0.412 e. The highest BCUT2D eigenvalue weighted by molar-refractivity contribution is 6.42. The molecule has 1 heterocycles. The highest BCUT2D eigenvalue weighted by Crippen LogP contribution is 2.21. The summed E-state index contributed by atoms with van der Waals surface area (Å²) in [6, 6.07) is 8.39. The van der Waals surface area contributed by atoms with Gasteiger partial charge in [0.2, 0.25) is 0 Å². The molecule has 0 radical (unpaired) electrons. The first-order chi connectivity index (χ1) is 9.16. The Morgan fingerprint density at radius 3 is 2.70 bits per heavy atom. The second-order valence-electron chi connectivity index (χ2n) is 3.61. The number of nitrogens with one attached hydrogen (secondary N) is 1. The normalized spacial score (nSPS) is 10.1. The van der Waals surface area contributed by atoms with E-state index in [1.165, 1.54) is 12.4 Å². The van der Waals surface area contributed by atoms with Crippen LogP contribution in [-0.4, -0.2) is 22.6 Å². The van der Waals surface area contributed by atoms with E-state index >= 15 is 0 Å². The van der Waals surface area contributed by atoms with Gasteiger partial charge < -0.3 is 5.48 Å². The van der Waals surface area contributed by atoms with Gasteiger partial charge in [0.05, 0.1) is 21.8 Å². The summed E-state index contributed by atoms with van der Waals surface area (Å²) in [4.78, 5) is 15.5. The predicted octanol–water partition coefficient (Wildman–Crippen LogP) is 2.33. The SMILES string of the molecule is O.O=C(N/N=C/c1ccc(Cl)c(Cl)c1)c1cccnc1. The van der Waals surface area contributed by atoms with E-state index in [2.05, 4.69) is 15.5 Å². The van der Waals surface area contributed by atoms with Crippen molar-refractivity contribution in [1.29, 1.82) is 0 Å². The molecule has 0 saturated carbocycles. The molecule has 0 unspecified atom stereocenters. The number of carbonyl (C=O) groups excluding carboxylic acids is 1. The van der Waals surface area contributed by atoms with Gasteiger partial charge in [0.1, 0.15) is 0 Å². The van der Waals surface area contributed by atoms with Gasteiger partial charge >= 0.3 is 0 Å². The second-order valence-corrected chi connectivity index (χ2v) is 4.43. The van der Waals surface area contributed by atoms with Crippen molar-refractivity contribution in [2.45, 2.75) is 0 Å². The van der Waals surface area contributed by atoms with Crippen LogP contribution in [0.4, 0.5) is 0 Å².